The van der Waals surface area contributed by atoms with Crippen LogP contribution in [0.1, 0.15) is 5.56 Å². The van der Waals surface area contributed by atoms with E-state index in [0.717, 1.165) is 25.9 Å². The van der Waals surface area contributed by atoms with Gasteiger partial charge in [0.25, 0.3) is 0 Å². The van der Waals surface area contributed by atoms with Crippen molar-refractivity contribution in [2.24, 2.45) is 0 Å². The molecule has 2 nitrogen and oxygen atoms in total. The Labute approximate surface area is 134 Å². The van der Waals surface area contributed by atoms with Crippen LogP contribution in [-0.2, 0) is 6.54 Å². The van der Waals surface area contributed by atoms with Gasteiger partial charge in [-0.1, -0.05) is 43.5 Å². The fourth-order valence-corrected chi connectivity index (χ4v) is 2.76. The fraction of sp³-hybridized carbons (Fsp3) is 0.143. The van der Waals surface area contributed by atoms with Crippen LogP contribution in [0.2, 0.25) is 5.02 Å². The Hall–Kier alpha value is -0.710. The van der Waals surface area contributed by atoms with Crippen molar-refractivity contribution in [1.29, 1.82) is 0 Å². The third-order valence-electron chi connectivity index (χ3n) is 2.65. The van der Waals surface area contributed by atoms with E-state index in [1.807, 2.05) is 36.4 Å². The van der Waals surface area contributed by atoms with Gasteiger partial charge in [0.15, 0.2) is 0 Å². The van der Waals surface area contributed by atoms with E-state index < -0.39 is 0 Å². The number of hydrogen-bond acceptors (Lipinski definition) is 2. The predicted molar refractivity (Wildman–Crippen MR) is 87.2 cm³/mol. The van der Waals surface area contributed by atoms with Gasteiger partial charge in [-0.05, 0) is 42.0 Å². The average Bonchev–Trinajstić information content (AvgIpc) is 2.39. The van der Waals surface area contributed by atoms with Crippen LogP contribution in [0.3, 0.4) is 0 Å². The lowest BCUT2D eigenvalue weighted by atomic mass is 10.2. The zero-order valence-electron chi connectivity index (χ0n) is 10.2. The van der Waals surface area contributed by atoms with Crippen LogP contribution < -0.4 is 10.1 Å². The number of rotatable bonds is 4. The van der Waals surface area contributed by atoms with Crippen LogP contribution >= 0.6 is 43.5 Å². The molecule has 0 aliphatic carbocycles. The summed E-state index contributed by atoms with van der Waals surface area (Å²) in [6.45, 7) is 0.666. The van der Waals surface area contributed by atoms with Gasteiger partial charge in [0.1, 0.15) is 5.75 Å². The molecule has 0 amide bonds. The summed E-state index contributed by atoms with van der Waals surface area (Å²) in [6.07, 6.45) is 0. The summed E-state index contributed by atoms with van der Waals surface area (Å²) in [5.41, 5.74) is 2.01. The summed E-state index contributed by atoms with van der Waals surface area (Å²) in [6, 6.07) is 11.6. The molecular formula is C14H12Br2ClNO. The Morgan fingerprint density at radius 2 is 1.95 bits per heavy atom. The largest absolute Gasteiger partial charge is 0.497 e. The van der Waals surface area contributed by atoms with Crippen molar-refractivity contribution in [1.82, 2.24) is 0 Å². The molecule has 0 atom stereocenters. The Kier molecular flexibility index (Phi) is 5.13. The molecule has 0 aromatic heterocycles. The lowest BCUT2D eigenvalue weighted by molar-refractivity contribution is 0.414. The third kappa shape index (κ3) is 3.88. The highest BCUT2D eigenvalue weighted by molar-refractivity contribution is 9.10. The minimum atomic E-state index is 0.666. The maximum absolute atomic E-state index is 6.17. The molecule has 2 aromatic rings. The van der Waals surface area contributed by atoms with E-state index in [4.69, 9.17) is 16.3 Å². The Morgan fingerprint density at radius 3 is 2.63 bits per heavy atom. The highest BCUT2D eigenvalue weighted by Gasteiger charge is 2.04. The van der Waals surface area contributed by atoms with Crippen molar-refractivity contribution in [2.75, 3.05) is 12.4 Å². The number of methoxy groups -OCH3 is 1. The number of hydrogen-bond donors (Lipinski definition) is 1. The number of nitrogens with one attached hydrogen (secondary N) is 1. The van der Waals surface area contributed by atoms with E-state index in [2.05, 4.69) is 37.2 Å². The van der Waals surface area contributed by atoms with Gasteiger partial charge < -0.3 is 10.1 Å². The summed E-state index contributed by atoms with van der Waals surface area (Å²) in [4.78, 5) is 0. The van der Waals surface area contributed by atoms with Crippen molar-refractivity contribution in [2.45, 2.75) is 6.54 Å². The summed E-state index contributed by atoms with van der Waals surface area (Å²) in [5, 5.41) is 4.00. The molecule has 19 heavy (non-hydrogen) atoms. The maximum atomic E-state index is 6.17. The Morgan fingerprint density at radius 1 is 1.16 bits per heavy atom. The van der Waals surface area contributed by atoms with Crippen LogP contribution in [0.25, 0.3) is 0 Å². The molecule has 2 aromatic carbocycles. The van der Waals surface area contributed by atoms with Gasteiger partial charge in [0, 0.05) is 15.5 Å². The second-order valence-electron chi connectivity index (χ2n) is 3.94. The van der Waals surface area contributed by atoms with Crippen molar-refractivity contribution >= 4 is 49.1 Å². The number of halogens is 3. The van der Waals surface area contributed by atoms with Gasteiger partial charge in [0.05, 0.1) is 17.8 Å². The minimum Gasteiger partial charge on any atom is -0.497 e. The molecule has 0 unspecified atom stereocenters. The SMILES string of the molecule is COc1ccc(Br)c(CNc2ccc(Br)cc2Cl)c1. The van der Waals surface area contributed by atoms with Crippen LogP contribution in [0.15, 0.2) is 45.3 Å². The first-order valence-electron chi connectivity index (χ1n) is 5.61. The summed E-state index contributed by atoms with van der Waals surface area (Å²) >= 11 is 13.1. The third-order valence-corrected chi connectivity index (χ3v) is 4.23. The van der Waals surface area contributed by atoms with Gasteiger partial charge in [-0.15, -0.1) is 0 Å². The molecule has 0 saturated carbocycles. The normalized spacial score (nSPS) is 10.3. The van der Waals surface area contributed by atoms with Crippen molar-refractivity contribution in [3.63, 3.8) is 0 Å². The molecule has 0 aliphatic heterocycles. The van der Waals surface area contributed by atoms with Gasteiger partial charge in [-0.25, -0.2) is 0 Å². The molecule has 1 N–H and O–H groups in total. The van der Waals surface area contributed by atoms with E-state index in [1.54, 1.807) is 7.11 Å². The molecule has 100 valence electrons. The molecule has 0 radical (unpaired) electrons. The molecule has 0 aliphatic rings. The summed E-state index contributed by atoms with van der Waals surface area (Å²) in [7, 11) is 1.66. The highest BCUT2D eigenvalue weighted by atomic mass is 79.9. The molecule has 0 heterocycles. The minimum absolute atomic E-state index is 0.666. The van der Waals surface area contributed by atoms with E-state index in [0.29, 0.717) is 11.6 Å². The van der Waals surface area contributed by atoms with Gasteiger partial charge in [-0.3, -0.25) is 0 Å². The molecule has 0 bridgehead atoms. The molecule has 0 fully saturated rings. The van der Waals surface area contributed by atoms with Crippen LogP contribution in [0, 0.1) is 0 Å². The standard InChI is InChI=1S/C14H12Br2ClNO/c1-19-11-3-4-12(16)9(6-11)8-18-14-5-2-10(15)7-13(14)17/h2-7,18H,8H2,1H3. The first kappa shape index (κ1) is 14.7. The first-order valence-corrected chi connectivity index (χ1v) is 7.58. The Balaban J connectivity index is 2.14. The smallest absolute Gasteiger partial charge is 0.119 e. The molecule has 2 rings (SSSR count). The first-order chi connectivity index (χ1) is 9.10. The topological polar surface area (TPSA) is 21.3 Å². The number of ether oxygens (including phenoxy) is 1. The summed E-state index contributed by atoms with van der Waals surface area (Å²) in [5.74, 6) is 0.835. The predicted octanol–water partition coefficient (Wildman–Crippen LogP) is 5.49. The molecule has 0 saturated heterocycles. The molecular weight excluding hydrogens is 393 g/mol. The molecule has 5 heteroatoms. The zero-order chi connectivity index (χ0) is 13.8. The quantitative estimate of drug-likeness (QED) is 0.727. The van der Waals surface area contributed by atoms with Gasteiger partial charge in [0.2, 0.25) is 0 Å². The second kappa shape index (κ2) is 6.64. The maximum Gasteiger partial charge on any atom is 0.119 e. The molecule has 0 spiro atoms. The Bertz CT molecular complexity index is 590. The van der Waals surface area contributed by atoms with E-state index in [-0.39, 0.29) is 0 Å². The van der Waals surface area contributed by atoms with Crippen molar-refractivity contribution in [3.8, 4) is 5.75 Å². The fourth-order valence-electron chi connectivity index (χ4n) is 1.64. The zero-order valence-corrected chi connectivity index (χ0v) is 14.1. The highest BCUT2D eigenvalue weighted by Crippen LogP contribution is 2.28. The van der Waals surface area contributed by atoms with E-state index >= 15 is 0 Å². The van der Waals surface area contributed by atoms with Gasteiger partial charge >= 0.3 is 0 Å². The van der Waals surface area contributed by atoms with Crippen molar-refractivity contribution < 1.29 is 4.74 Å². The van der Waals surface area contributed by atoms with Crippen LogP contribution in [0.5, 0.6) is 5.75 Å². The average molecular weight is 406 g/mol. The van der Waals surface area contributed by atoms with Gasteiger partial charge in [-0.2, -0.15) is 0 Å². The van der Waals surface area contributed by atoms with E-state index in [1.165, 1.54) is 0 Å². The van der Waals surface area contributed by atoms with Crippen LogP contribution in [0.4, 0.5) is 5.69 Å². The summed E-state index contributed by atoms with van der Waals surface area (Å²) < 4.78 is 7.22. The van der Waals surface area contributed by atoms with Crippen molar-refractivity contribution in [3.05, 3.63) is 55.9 Å². The second-order valence-corrected chi connectivity index (χ2v) is 6.11. The van der Waals surface area contributed by atoms with E-state index in [9.17, 15) is 0 Å². The number of anilines is 1. The lowest BCUT2D eigenvalue weighted by Gasteiger charge is -2.11. The van der Waals surface area contributed by atoms with Crippen LogP contribution in [-0.4, -0.2) is 7.11 Å². The number of benzene rings is 2. The monoisotopic (exact) mass is 403 g/mol. The lowest BCUT2D eigenvalue weighted by Crippen LogP contribution is -2.01.